The molecule has 1 aromatic rings. The average Bonchev–Trinajstić information content (AvgIpc) is 2.17. The van der Waals surface area contributed by atoms with E-state index >= 15 is 0 Å². The highest BCUT2D eigenvalue weighted by molar-refractivity contribution is 8.03. The van der Waals surface area contributed by atoms with Crippen molar-refractivity contribution < 1.29 is 0 Å². The average molecular weight is 205 g/mol. The predicted molar refractivity (Wildman–Crippen MR) is 63.3 cm³/mol. The molecular weight excluding hydrogens is 190 g/mol. The van der Waals surface area contributed by atoms with Crippen molar-refractivity contribution in [2.45, 2.75) is 25.3 Å². The van der Waals surface area contributed by atoms with Crippen molar-refractivity contribution >= 4 is 11.8 Å². The van der Waals surface area contributed by atoms with E-state index in [-0.39, 0.29) is 0 Å². The van der Waals surface area contributed by atoms with E-state index in [0.717, 1.165) is 11.4 Å². The molecule has 0 aliphatic carbocycles. The summed E-state index contributed by atoms with van der Waals surface area (Å²) in [5.74, 6) is 0. The number of thioether (sulfide) groups is 1. The summed E-state index contributed by atoms with van der Waals surface area (Å²) in [6.45, 7) is 8.00. The Morgan fingerprint density at radius 1 is 1.57 bits per heavy atom. The predicted octanol–water partition coefficient (Wildman–Crippen LogP) is 4.04. The fraction of sp³-hybridized carbons (Fsp3) is 0.250. The van der Waals surface area contributed by atoms with Crippen LogP contribution in [0.5, 0.6) is 0 Å². The number of hydrogen-bond acceptors (Lipinski definition) is 2. The van der Waals surface area contributed by atoms with E-state index < -0.39 is 0 Å². The molecule has 0 spiro atoms. The van der Waals surface area contributed by atoms with Crippen LogP contribution in [-0.4, -0.2) is 4.98 Å². The zero-order valence-corrected chi connectivity index (χ0v) is 9.47. The largest absolute Gasteiger partial charge is 0.250 e. The third kappa shape index (κ3) is 3.79. The molecule has 0 unspecified atom stereocenters. The summed E-state index contributed by atoms with van der Waals surface area (Å²) in [4.78, 5) is 5.57. The minimum Gasteiger partial charge on any atom is -0.250 e. The highest BCUT2D eigenvalue weighted by Crippen LogP contribution is 2.28. The summed E-state index contributed by atoms with van der Waals surface area (Å²) < 4.78 is 0. The van der Waals surface area contributed by atoms with Crippen LogP contribution in [0.25, 0.3) is 0 Å². The lowest BCUT2D eigenvalue weighted by Gasteiger charge is -2.04. The lowest BCUT2D eigenvalue weighted by Crippen LogP contribution is -1.82. The molecule has 0 aliphatic rings. The molecule has 0 atom stereocenters. The van der Waals surface area contributed by atoms with Gasteiger partial charge >= 0.3 is 0 Å². The van der Waals surface area contributed by atoms with Crippen molar-refractivity contribution in [1.82, 2.24) is 4.98 Å². The second-order valence-electron chi connectivity index (χ2n) is 3.16. The summed E-state index contributed by atoms with van der Waals surface area (Å²) in [6.07, 6.45) is 4.88. The number of rotatable bonds is 4. The molecule has 14 heavy (non-hydrogen) atoms. The topological polar surface area (TPSA) is 12.9 Å². The van der Waals surface area contributed by atoms with E-state index in [4.69, 9.17) is 0 Å². The van der Waals surface area contributed by atoms with Crippen molar-refractivity contribution in [3.8, 4) is 0 Å². The standard InChI is InChI=1S/C12H15NS/c1-4-11(9-10(2)3)14-12-7-5-6-8-13-12/h4-8H,2,9H2,1,3H3/b11-4-. The van der Waals surface area contributed by atoms with E-state index in [1.165, 1.54) is 10.5 Å². The van der Waals surface area contributed by atoms with Gasteiger partial charge in [-0.1, -0.05) is 36.1 Å². The first-order valence-corrected chi connectivity index (χ1v) is 5.42. The first kappa shape index (κ1) is 11.1. The normalized spacial score (nSPS) is 11.4. The second-order valence-corrected chi connectivity index (χ2v) is 4.31. The third-order valence-electron chi connectivity index (χ3n) is 1.67. The van der Waals surface area contributed by atoms with Gasteiger partial charge in [0.15, 0.2) is 0 Å². The van der Waals surface area contributed by atoms with Crippen LogP contribution in [-0.2, 0) is 0 Å². The zero-order valence-electron chi connectivity index (χ0n) is 8.66. The lowest BCUT2D eigenvalue weighted by atomic mass is 10.2. The molecule has 0 saturated heterocycles. The number of aromatic nitrogens is 1. The fourth-order valence-corrected chi connectivity index (χ4v) is 2.00. The quantitative estimate of drug-likeness (QED) is 0.543. The van der Waals surface area contributed by atoms with Gasteiger partial charge in [0, 0.05) is 6.20 Å². The molecule has 0 saturated carbocycles. The van der Waals surface area contributed by atoms with Gasteiger partial charge in [-0.05, 0) is 37.3 Å². The Kier molecular flexibility index (Phi) is 4.47. The van der Waals surface area contributed by atoms with Crippen molar-refractivity contribution in [2.24, 2.45) is 0 Å². The van der Waals surface area contributed by atoms with Gasteiger partial charge in [-0.25, -0.2) is 4.98 Å². The Morgan fingerprint density at radius 2 is 2.36 bits per heavy atom. The van der Waals surface area contributed by atoms with Gasteiger partial charge in [0.2, 0.25) is 0 Å². The van der Waals surface area contributed by atoms with Gasteiger partial charge in [-0.3, -0.25) is 0 Å². The number of allylic oxidation sites excluding steroid dienone is 3. The molecule has 0 bridgehead atoms. The highest BCUT2D eigenvalue weighted by Gasteiger charge is 2.00. The molecule has 0 aromatic carbocycles. The molecular formula is C12H15NS. The maximum Gasteiger partial charge on any atom is 0.100 e. The van der Waals surface area contributed by atoms with Gasteiger partial charge in [0.25, 0.3) is 0 Å². The summed E-state index contributed by atoms with van der Waals surface area (Å²) in [6, 6.07) is 5.95. The van der Waals surface area contributed by atoms with E-state index in [1.807, 2.05) is 38.2 Å². The maximum absolute atomic E-state index is 4.27. The molecule has 74 valence electrons. The van der Waals surface area contributed by atoms with Crippen LogP contribution in [0.4, 0.5) is 0 Å². The van der Waals surface area contributed by atoms with E-state index in [1.54, 1.807) is 11.8 Å². The van der Waals surface area contributed by atoms with Crippen molar-refractivity contribution in [3.05, 3.63) is 47.5 Å². The smallest absolute Gasteiger partial charge is 0.100 e. The van der Waals surface area contributed by atoms with Gasteiger partial charge in [0.1, 0.15) is 5.03 Å². The molecule has 0 aliphatic heterocycles. The molecule has 1 heterocycles. The van der Waals surface area contributed by atoms with Crippen LogP contribution < -0.4 is 0 Å². The van der Waals surface area contributed by atoms with Crippen LogP contribution in [0.1, 0.15) is 20.3 Å². The van der Waals surface area contributed by atoms with E-state index in [9.17, 15) is 0 Å². The van der Waals surface area contributed by atoms with Crippen LogP contribution in [0.3, 0.4) is 0 Å². The van der Waals surface area contributed by atoms with Crippen LogP contribution in [0.15, 0.2) is 52.6 Å². The fourth-order valence-electron chi connectivity index (χ4n) is 1.04. The maximum atomic E-state index is 4.27. The first-order valence-electron chi connectivity index (χ1n) is 4.61. The number of nitrogens with zero attached hydrogens (tertiary/aromatic N) is 1. The Hall–Kier alpha value is -1.02. The van der Waals surface area contributed by atoms with Crippen LogP contribution in [0.2, 0.25) is 0 Å². The van der Waals surface area contributed by atoms with Gasteiger partial charge in [-0.15, -0.1) is 0 Å². The van der Waals surface area contributed by atoms with Crippen LogP contribution in [0, 0.1) is 0 Å². The van der Waals surface area contributed by atoms with Crippen molar-refractivity contribution in [1.29, 1.82) is 0 Å². The molecule has 0 amide bonds. The molecule has 1 rings (SSSR count). The third-order valence-corrected chi connectivity index (χ3v) is 2.76. The SMILES string of the molecule is C=C(C)C/C(=C/C)Sc1ccccn1. The monoisotopic (exact) mass is 205 g/mol. The lowest BCUT2D eigenvalue weighted by molar-refractivity contribution is 1.13. The van der Waals surface area contributed by atoms with E-state index in [2.05, 4.69) is 17.6 Å². The highest BCUT2D eigenvalue weighted by atomic mass is 32.2. The van der Waals surface area contributed by atoms with E-state index in [0.29, 0.717) is 0 Å². The summed E-state index contributed by atoms with van der Waals surface area (Å²) >= 11 is 1.71. The molecule has 1 aromatic heterocycles. The molecule has 0 fully saturated rings. The minimum absolute atomic E-state index is 0.942. The van der Waals surface area contributed by atoms with Gasteiger partial charge in [0.05, 0.1) is 0 Å². The Balaban J connectivity index is 2.63. The Morgan fingerprint density at radius 3 is 2.86 bits per heavy atom. The molecule has 2 heteroatoms. The van der Waals surface area contributed by atoms with Gasteiger partial charge in [-0.2, -0.15) is 0 Å². The van der Waals surface area contributed by atoms with Crippen LogP contribution >= 0.6 is 11.8 Å². The van der Waals surface area contributed by atoms with Crippen molar-refractivity contribution in [3.63, 3.8) is 0 Å². The molecule has 0 N–H and O–H groups in total. The van der Waals surface area contributed by atoms with Gasteiger partial charge < -0.3 is 0 Å². The summed E-state index contributed by atoms with van der Waals surface area (Å²) in [5.41, 5.74) is 1.18. The summed E-state index contributed by atoms with van der Waals surface area (Å²) in [7, 11) is 0. The molecule has 1 nitrogen and oxygen atoms in total. The molecule has 0 radical (unpaired) electrons. The number of hydrogen-bond donors (Lipinski definition) is 0. The first-order chi connectivity index (χ1) is 6.72. The minimum atomic E-state index is 0.942. The second kappa shape index (κ2) is 5.66. The van der Waals surface area contributed by atoms with Crippen molar-refractivity contribution in [2.75, 3.05) is 0 Å². The Bertz CT molecular complexity index is 327. The summed E-state index contributed by atoms with van der Waals surface area (Å²) in [5, 5.41) is 1.04. The zero-order chi connectivity index (χ0) is 10.4. The Labute approximate surface area is 89.9 Å². The number of pyridine rings is 1.